The molecule has 2 aromatic carbocycles. The van der Waals surface area contributed by atoms with Gasteiger partial charge in [0.15, 0.2) is 0 Å². The molecule has 0 N–H and O–H groups in total. The van der Waals surface area contributed by atoms with E-state index >= 15 is 0 Å². The van der Waals surface area contributed by atoms with Crippen LogP contribution in [0.25, 0.3) is 0 Å². The lowest BCUT2D eigenvalue weighted by Gasteiger charge is -2.25. The number of nitrogens with zero attached hydrogens (tertiary/aromatic N) is 2. The van der Waals surface area contributed by atoms with Crippen LogP contribution in [0.2, 0.25) is 0 Å². The van der Waals surface area contributed by atoms with Crippen molar-refractivity contribution in [2.45, 2.75) is 49.4 Å². The molecule has 1 atom stereocenters. The topological polar surface area (TPSA) is 84.0 Å². The minimum atomic E-state index is -3.76. The molecule has 1 heterocycles. The molecular formula is C22H30N2O5S2. The Morgan fingerprint density at radius 1 is 0.903 bits per heavy atom. The van der Waals surface area contributed by atoms with E-state index in [-0.39, 0.29) is 15.8 Å². The van der Waals surface area contributed by atoms with E-state index in [1.165, 1.54) is 32.9 Å². The van der Waals surface area contributed by atoms with Crippen LogP contribution in [0.1, 0.15) is 45.2 Å². The predicted octanol–water partition coefficient (Wildman–Crippen LogP) is 3.64. The van der Waals surface area contributed by atoms with Gasteiger partial charge >= 0.3 is 0 Å². The second-order valence-electron chi connectivity index (χ2n) is 7.34. The van der Waals surface area contributed by atoms with Crippen LogP contribution in [0.5, 0.6) is 5.75 Å². The first-order valence-corrected chi connectivity index (χ1v) is 13.5. The summed E-state index contributed by atoms with van der Waals surface area (Å²) in [6.45, 7) is 7.18. The van der Waals surface area contributed by atoms with Gasteiger partial charge in [0.2, 0.25) is 20.0 Å². The highest BCUT2D eigenvalue weighted by Gasteiger charge is 2.36. The smallest absolute Gasteiger partial charge is 0.243 e. The standard InChI is InChI=1S/C22H30N2O5S2/c1-4-23(5-2)30(25,26)20-13-15-21(16-14-20)31(27,28)24-17-7-8-22(24)18-9-11-19(12-10-18)29-6-3/h9-16,22H,4-8,17H2,1-3H3. The zero-order valence-corrected chi connectivity index (χ0v) is 19.8. The van der Waals surface area contributed by atoms with Crippen molar-refractivity contribution in [2.75, 3.05) is 26.2 Å². The van der Waals surface area contributed by atoms with E-state index in [9.17, 15) is 16.8 Å². The molecule has 7 nitrogen and oxygen atoms in total. The maximum Gasteiger partial charge on any atom is 0.243 e. The highest BCUT2D eigenvalue weighted by Crippen LogP contribution is 2.37. The van der Waals surface area contributed by atoms with E-state index in [1.807, 2.05) is 31.2 Å². The quantitative estimate of drug-likeness (QED) is 0.563. The van der Waals surface area contributed by atoms with E-state index in [0.717, 1.165) is 24.2 Å². The Hall–Kier alpha value is -1.94. The first-order chi connectivity index (χ1) is 14.7. The highest BCUT2D eigenvalue weighted by atomic mass is 32.2. The molecule has 9 heteroatoms. The van der Waals surface area contributed by atoms with Gasteiger partial charge in [0, 0.05) is 19.6 Å². The maximum absolute atomic E-state index is 13.3. The third kappa shape index (κ3) is 4.79. The van der Waals surface area contributed by atoms with E-state index in [2.05, 4.69) is 0 Å². The van der Waals surface area contributed by atoms with Gasteiger partial charge in [-0.25, -0.2) is 16.8 Å². The van der Waals surface area contributed by atoms with Crippen molar-refractivity contribution >= 4 is 20.0 Å². The molecule has 3 rings (SSSR count). The summed E-state index contributed by atoms with van der Waals surface area (Å²) in [7, 11) is -7.39. The minimum Gasteiger partial charge on any atom is -0.494 e. The third-order valence-electron chi connectivity index (χ3n) is 5.55. The summed E-state index contributed by atoms with van der Waals surface area (Å²) in [5.41, 5.74) is 0.922. The SMILES string of the molecule is CCOc1ccc(C2CCCN2S(=O)(=O)c2ccc(S(=O)(=O)N(CC)CC)cc2)cc1. The van der Waals surface area contributed by atoms with E-state index in [4.69, 9.17) is 4.74 Å². The molecule has 1 aliphatic heterocycles. The molecule has 0 spiro atoms. The van der Waals surface area contributed by atoms with Crippen LogP contribution in [-0.2, 0) is 20.0 Å². The van der Waals surface area contributed by atoms with Crippen molar-refractivity contribution in [1.82, 2.24) is 8.61 Å². The molecular weight excluding hydrogens is 436 g/mol. The Labute approximate surface area is 185 Å². The first kappa shape index (κ1) is 23.7. The number of benzene rings is 2. The number of hydrogen-bond donors (Lipinski definition) is 0. The number of ether oxygens (including phenoxy) is 1. The van der Waals surface area contributed by atoms with Gasteiger partial charge in [-0.1, -0.05) is 26.0 Å². The first-order valence-electron chi connectivity index (χ1n) is 10.6. The lowest BCUT2D eigenvalue weighted by atomic mass is 10.1. The molecule has 0 aromatic heterocycles. The molecule has 0 radical (unpaired) electrons. The van der Waals surface area contributed by atoms with Crippen molar-refractivity contribution in [3.05, 3.63) is 54.1 Å². The van der Waals surface area contributed by atoms with Crippen LogP contribution in [0, 0.1) is 0 Å². The number of rotatable bonds is 9. The molecule has 2 aromatic rings. The summed E-state index contributed by atoms with van der Waals surface area (Å²) in [6.07, 6.45) is 1.51. The van der Waals surface area contributed by atoms with Gasteiger partial charge in [-0.05, 0) is 61.7 Å². The van der Waals surface area contributed by atoms with Crippen molar-refractivity contribution in [3.63, 3.8) is 0 Å². The lowest BCUT2D eigenvalue weighted by Crippen LogP contribution is -2.31. The van der Waals surface area contributed by atoms with Gasteiger partial charge in [0.05, 0.1) is 22.4 Å². The largest absolute Gasteiger partial charge is 0.494 e. The second kappa shape index (κ2) is 9.68. The molecule has 1 fully saturated rings. The van der Waals surface area contributed by atoms with Gasteiger partial charge in [-0.3, -0.25) is 0 Å². The average Bonchev–Trinajstić information content (AvgIpc) is 3.26. The van der Waals surface area contributed by atoms with Crippen LogP contribution >= 0.6 is 0 Å². The molecule has 1 unspecified atom stereocenters. The molecule has 170 valence electrons. The Morgan fingerprint density at radius 3 is 2.03 bits per heavy atom. The van der Waals surface area contributed by atoms with Gasteiger partial charge in [0.1, 0.15) is 5.75 Å². The fourth-order valence-corrected chi connectivity index (χ4v) is 7.09. The molecule has 31 heavy (non-hydrogen) atoms. The van der Waals surface area contributed by atoms with Crippen LogP contribution < -0.4 is 4.74 Å². The van der Waals surface area contributed by atoms with Gasteiger partial charge < -0.3 is 4.74 Å². The molecule has 1 aliphatic rings. The maximum atomic E-state index is 13.3. The van der Waals surface area contributed by atoms with E-state index < -0.39 is 20.0 Å². The van der Waals surface area contributed by atoms with Crippen molar-refractivity contribution in [1.29, 1.82) is 0 Å². The Bertz CT molecular complexity index is 1080. The van der Waals surface area contributed by atoms with Crippen LogP contribution in [0.4, 0.5) is 0 Å². The molecule has 1 saturated heterocycles. The minimum absolute atomic E-state index is 0.0969. The van der Waals surface area contributed by atoms with Crippen molar-refractivity contribution < 1.29 is 21.6 Å². The third-order valence-corrected chi connectivity index (χ3v) is 9.54. The monoisotopic (exact) mass is 466 g/mol. The fourth-order valence-electron chi connectivity index (χ4n) is 3.95. The Morgan fingerprint density at radius 2 is 1.48 bits per heavy atom. The fraction of sp³-hybridized carbons (Fsp3) is 0.455. The number of sulfonamides is 2. The summed E-state index contributed by atoms with van der Waals surface area (Å²) in [5.74, 6) is 0.753. The number of hydrogen-bond acceptors (Lipinski definition) is 5. The van der Waals surface area contributed by atoms with E-state index in [0.29, 0.717) is 26.2 Å². The molecule has 0 aliphatic carbocycles. The van der Waals surface area contributed by atoms with Gasteiger partial charge in [-0.2, -0.15) is 8.61 Å². The predicted molar refractivity (Wildman–Crippen MR) is 120 cm³/mol. The zero-order valence-electron chi connectivity index (χ0n) is 18.2. The second-order valence-corrected chi connectivity index (χ2v) is 11.2. The molecule has 0 amide bonds. The summed E-state index contributed by atoms with van der Waals surface area (Å²) in [5, 5.41) is 0. The normalized spacial score (nSPS) is 17.9. The Balaban J connectivity index is 1.86. The Kier molecular flexibility index (Phi) is 7.41. The highest BCUT2D eigenvalue weighted by molar-refractivity contribution is 7.89. The van der Waals surface area contributed by atoms with Crippen LogP contribution in [0.15, 0.2) is 58.3 Å². The summed E-state index contributed by atoms with van der Waals surface area (Å²) in [6, 6.07) is 12.8. The van der Waals surface area contributed by atoms with Gasteiger partial charge in [0.25, 0.3) is 0 Å². The van der Waals surface area contributed by atoms with Crippen LogP contribution in [-0.4, -0.2) is 51.7 Å². The molecule has 0 saturated carbocycles. The lowest BCUT2D eigenvalue weighted by molar-refractivity contribution is 0.339. The van der Waals surface area contributed by atoms with E-state index in [1.54, 1.807) is 13.8 Å². The average molecular weight is 467 g/mol. The molecule has 0 bridgehead atoms. The van der Waals surface area contributed by atoms with Crippen LogP contribution in [0.3, 0.4) is 0 Å². The summed E-state index contributed by atoms with van der Waals surface area (Å²) < 4.78 is 60.4. The zero-order chi connectivity index (χ0) is 22.6. The van der Waals surface area contributed by atoms with Gasteiger partial charge in [-0.15, -0.1) is 0 Å². The van der Waals surface area contributed by atoms with Crippen molar-refractivity contribution in [2.24, 2.45) is 0 Å². The summed E-state index contributed by atoms with van der Waals surface area (Å²) >= 11 is 0. The summed E-state index contributed by atoms with van der Waals surface area (Å²) in [4.78, 5) is 0.198. The van der Waals surface area contributed by atoms with Crippen molar-refractivity contribution in [3.8, 4) is 5.75 Å².